The topological polar surface area (TPSA) is 9.23 Å². The molecule has 0 saturated heterocycles. The Morgan fingerprint density at radius 3 is 2.79 bits per heavy atom. The Balaban J connectivity index is 2.52. The summed E-state index contributed by atoms with van der Waals surface area (Å²) in [6, 6.07) is 4.47. The van der Waals surface area contributed by atoms with Gasteiger partial charge in [-0.25, -0.2) is 0 Å². The minimum atomic E-state index is 0.602. The van der Waals surface area contributed by atoms with E-state index < -0.39 is 0 Å². The second kappa shape index (κ2) is 3.64. The first kappa shape index (κ1) is 9.57. The van der Waals surface area contributed by atoms with Crippen molar-refractivity contribution in [2.75, 3.05) is 6.61 Å². The molecule has 1 aliphatic heterocycles. The SMILES string of the molecule is Cc1cc2c(c(C(C)C)c1)CCCO2. The van der Waals surface area contributed by atoms with E-state index in [0.29, 0.717) is 5.92 Å². The van der Waals surface area contributed by atoms with Gasteiger partial charge in [0.1, 0.15) is 5.75 Å². The van der Waals surface area contributed by atoms with Gasteiger partial charge in [0.05, 0.1) is 6.61 Å². The molecule has 0 radical (unpaired) electrons. The Bertz CT molecular complexity index is 339. The average Bonchev–Trinajstić information content (AvgIpc) is 2.16. The first-order valence-electron chi connectivity index (χ1n) is 5.44. The van der Waals surface area contributed by atoms with Gasteiger partial charge in [0.2, 0.25) is 0 Å². The molecular weight excluding hydrogens is 172 g/mol. The summed E-state index contributed by atoms with van der Waals surface area (Å²) in [5.41, 5.74) is 4.23. The summed E-state index contributed by atoms with van der Waals surface area (Å²) < 4.78 is 5.70. The van der Waals surface area contributed by atoms with Crippen LogP contribution in [0.3, 0.4) is 0 Å². The normalized spacial score (nSPS) is 15.1. The molecule has 0 spiro atoms. The monoisotopic (exact) mass is 190 g/mol. The van der Waals surface area contributed by atoms with Crippen LogP contribution in [-0.2, 0) is 6.42 Å². The molecule has 1 aliphatic rings. The fourth-order valence-electron chi connectivity index (χ4n) is 2.15. The Kier molecular flexibility index (Phi) is 2.49. The predicted molar refractivity (Wildman–Crippen MR) is 59.1 cm³/mol. The zero-order chi connectivity index (χ0) is 10.1. The third-order valence-corrected chi connectivity index (χ3v) is 2.84. The summed E-state index contributed by atoms with van der Waals surface area (Å²) in [7, 11) is 0. The maximum atomic E-state index is 5.70. The van der Waals surface area contributed by atoms with Crippen LogP contribution in [0.15, 0.2) is 12.1 Å². The van der Waals surface area contributed by atoms with Crippen molar-refractivity contribution in [3.63, 3.8) is 0 Å². The van der Waals surface area contributed by atoms with Gasteiger partial charge in [0.15, 0.2) is 0 Å². The molecule has 0 unspecified atom stereocenters. The molecule has 1 aromatic carbocycles. The van der Waals surface area contributed by atoms with Gasteiger partial charge in [-0.05, 0) is 48.4 Å². The molecule has 1 aromatic rings. The van der Waals surface area contributed by atoms with Crippen molar-refractivity contribution in [1.82, 2.24) is 0 Å². The molecule has 0 aromatic heterocycles. The highest BCUT2D eigenvalue weighted by Crippen LogP contribution is 2.33. The number of hydrogen-bond donors (Lipinski definition) is 0. The summed E-state index contributed by atoms with van der Waals surface area (Å²) in [5, 5.41) is 0. The third kappa shape index (κ3) is 1.63. The van der Waals surface area contributed by atoms with Gasteiger partial charge >= 0.3 is 0 Å². The lowest BCUT2D eigenvalue weighted by molar-refractivity contribution is 0.287. The Morgan fingerprint density at radius 1 is 1.29 bits per heavy atom. The van der Waals surface area contributed by atoms with Crippen molar-refractivity contribution in [3.8, 4) is 5.75 Å². The minimum Gasteiger partial charge on any atom is -0.493 e. The van der Waals surface area contributed by atoms with Gasteiger partial charge < -0.3 is 4.74 Å². The average molecular weight is 190 g/mol. The van der Waals surface area contributed by atoms with Gasteiger partial charge in [0.25, 0.3) is 0 Å². The van der Waals surface area contributed by atoms with Crippen molar-refractivity contribution >= 4 is 0 Å². The Morgan fingerprint density at radius 2 is 2.07 bits per heavy atom. The van der Waals surface area contributed by atoms with E-state index in [0.717, 1.165) is 18.8 Å². The Hall–Kier alpha value is -0.980. The fraction of sp³-hybridized carbons (Fsp3) is 0.538. The van der Waals surface area contributed by atoms with Crippen LogP contribution >= 0.6 is 0 Å². The fourth-order valence-corrected chi connectivity index (χ4v) is 2.15. The maximum Gasteiger partial charge on any atom is 0.123 e. The highest BCUT2D eigenvalue weighted by molar-refractivity contribution is 5.45. The third-order valence-electron chi connectivity index (χ3n) is 2.84. The molecule has 1 nitrogen and oxygen atoms in total. The highest BCUT2D eigenvalue weighted by Gasteiger charge is 2.16. The molecule has 0 bridgehead atoms. The smallest absolute Gasteiger partial charge is 0.123 e. The molecule has 0 fully saturated rings. The van der Waals surface area contributed by atoms with Crippen LogP contribution in [-0.4, -0.2) is 6.61 Å². The van der Waals surface area contributed by atoms with Crippen LogP contribution in [0.1, 0.15) is 42.9 Å². The van der Waals surface area contributed by atoms with Crippen LogP contribution < -0.4 is 4.74 Å². The summed E-state index contributed by atoms with van der Waals surface area (Å²) in [6.45, 7) is 7.53. The standard InChI is InChI=1S/C13H18O/c1-9(2)12-7-10(3)8-13-11(12)5-4-6-14-13/h7-9H,4-6H2,1-3H3. The molecule has 0 atom stereocenters. The summed E-state index contributed by atoms with van der Waals surface area (Å²) in [5.74, 6) is 1.73. The molecule has 76 valence electrons. The van der Waals surface area contributed by atoms with E-state index in [1.54, 1.807) is 0 Å². The molecule has 0 aliphatic carbocycles. The maximum absolute atomic E-state index is 5.70. The Labute approximate surface area is 86.1 Å². The second-order valence-electron chi connectivity index (χ2n) is 4.44. The second-order valence-corrected chi connectivity index (χ2v) is 4.44. The molecule has 14 heavy (non-hydrogen) atoms. The summed E-state index contributed by atoms with van der Waals surface area (Å²) in [6.07, 6.45) is 2.35. The molecule has 0 N–H and O–H groups in total. The molecule has 1 heterocycles. The number of rotatable bonds is 1. The number of aryl methyl sites for hydroxylation is 1. The van der Waals surface area contributed by atoms with Crippen molar-refractivity contribution in [2.45, 2.75) is 39.5 Å². The summed E-state index contributed by atoms with van der Waals surface area (Å²) >= 11 is 0. The van der Waals surface area contributed by atoms with Crippen molar-refractivity contribution in [1.29, 1.82) is 0 Å². The van der Waals surface area contributed by atoms with Crippen molar-refractivity contribution < 1.29 is 4.74 Å². The molecular formula is C13H18O. The van der Waals surface area contributed by atoms with Crippen LogP contribution in [0.25, 0.3) is 0 Å². The van der Waals surface area contributed by atoms with E-state index in [-0.39, 0.29) is 0 Å². The van der Waals surface area contributed by atoms with Gasteiger partial charge in [-0.3, -0.25) is 0 Å². The zero-order valence-corrected chi connectivity index (χ0v) is 9.26. The first-order chi connectivity index (χ1) is 6.68. The van der Waals surface area contributed by atoms with Gasteiger partial charge in [0, 0.05) is 0 Å². The quantitative estimate of drug-likeness (QED) is 0.659. The predicted octanol–water partition coefficient (Wildman–Crippen LogP) is 3.44. The number of hydrogen-bond acceptors (Lipinski definition) is 1. The zero-order valence-electron chi connectivity index (χ0n) is 9.26. The first-order valence-corrected chi connectivity index (χ1v) is 5.44. The molecule has 2 rings (SSSR count). The highest BCUT2D eigenvalue weighted by atomic mass is 16.5. The molecule has 0 saturated carbocycles. The lowest BCUT2D eigenvalue weighted by atomic mass is 9.91. The summed E-state index contributed by atoms with van der Waals surface area (Å²) in [4.78, 5) is 0. The van der Waals surface area contributed by atoms with Crippen LogP contribution in [0.2, 0.25) is 0 Å². The van der Waals surface area contributed by atoms with E-state index in [1.807, 2.05) is 0 Å². The van der Waals surface area contributed by atoms with E-state index in [2.05, 4.69) is 32.9 Å². The number of benzene rings is 1. The van der Waals surface area contributed by atoms with Crippen LogP contribution in [0.5, 0.6) is 5.75 Å². The van der Waals surface area contributed by atoms with Gasteiger partial charge in [-0.15, -0.1) is 0 Å². The molecule has 1 heteroatoms. The van der Waals surface area contributed by atoms with E-state index in [9.17, 15) is 0 Å². The van der Waals surface area contributed by atoms with Crippen LogP contribution in [0.4, 0.5) is 0 Å². The van der Waals surface area contributed by atoms with E-state index in [4.69, 9.17) is 4.74 Å². The van der Waals surface area contributed by atoms with Crippen molar-refractivity contribution in [3.05, 3.63) is 28.8 Å². The minimum absolute atomic E-state index is 0.602. The van der Waals surface area contributed by atoms with Gasteiger partial charge in [-0.1, -0.05) is 19.9 Å². The van der Waals surface area contributed by atoms with Gasteiger partial charge in [-0.2, -0.15) is 0 Å². The lowest BCUT2D eigenvalue weighted by Gasteiger charge is -2.22. The lowest BCUT2D eigenvalue weighted by Crippen LogP contribution is -2.11. The van der Waals surface area contributed by atoms with Crippen LogP contribution in [0, 0.1) is 6.92 Å². The van der Waals surface area contributed by atoms with Crippen molar-refractivity contribution in [2.24, 2.45) is 0 Å². The van der Waals surface area contributed by atoms with E-state index >= 15 is 0 Å². The molecule has 0 amide bonds. The van der Waals surface area contributed by atoms with E-state index in [1.165, 1.54) is 23.1 Å². The largest absolute Gasteiger partial charge is 0.493 e. The number of fused-ring (bicyclic) bond motifs is 1. The number of ether oxygens (including phenoxy) is 1.